The summed E-state index contributed by atoms with van der Waals surface area (Å²) in [7, 11) is 0. The van der Waals surface area contributed by atoms with E-state index in [-0.39, 0.29) is 47.8 Å². The highest BCUT2D eigenvalue weighted by molar-refractivity contribution is 5.87. The summed E-state index contributed by atoms with van der Waals surface area (Å²) >= 11 is 0. The van der Waals surface area contributed by atoms with Gasteiger partial charge in [-0.2, -0.15) is 5.26 Å². The van der Waals surface area contributed by atoms with Crippen molar-refractivity contribution in [1.29, 1.82) is 5.26 Å². The number of fused-ring (bicyclic) bond motifs is 3. The second-order valence-corrected chi connectivity index (χ2v) is 9.13. The smallest absolute Gasteiger partial charge is 0.242 e. The number of piperazine rings is 1. The van der Waals surface area contributed by atoms with Crippen molar-refractivity contribution in [2.75, 3.05) is 13.1 Å². The molecular formula is C22H26FN5O2. The number of hydrogen-bond donors (Lipinski definition) is 1. The summed E-state index contributed by atoms with van der Waals surface area (Å²) in [6.07, 6.45) is 2.42. The fourth-order valence-electron chi connectivity index (χ4n) is 5.74. The highest BCUT2D eigenvalue weighted by Gasteiger charge is 2.56. The number of likely N-dealkylation sites (tertiary alicyclic amines) is 3. The maximum atomic E-state index is 13.6. The molecule has 2 bridgehead atoms. The van der Waals surface area contributed by atoms with Gasteiger partial charge in [-0.1, -0.05) is 12.1 Å². The van der Waals surface area contributed by atoms with Crippen LogP contribution in [0.4, 0.5) is 4.39 Å². The van der Waals surface area contributed by atoms with Crippen LogP contribution in [0, 0.1) is 23.1 Å². The normalized spacial score (nSPS) is 34.1. The van der Waals surface area contributed by atoms with Gasteiger partial charge in [0.05, 0.1) is 24.2 Å². The SMILES string of the molecule is C[C@H](c1cccc(F)c1)N1C(=O)[C@H]2CC1CN2C[C@H](N)C(=O)N1[C@H](C#N)CC2C[C@@H]21. The van der Waals surface area contributed by atoms with Crippen molar-refractivity contribution in [2.45, 2.75) is 62.4 Å². The third-order valence-electron chi connectivity index (χ3n) is 7.32. The number of nitrogens with zero attached hydrogens (tertiary/aromatic N) is 4. The number of piperidine rings is 1. The molecule has 5 rings (SSSR count). The third kappa shape index (κ3) is 2.99. The number of carbonyl (C=O) groups is 2. The number of benzene rings is 1. The predicted molar refractivity (Wildman–Crippen MR) is 106 cm³/mol. The molecule has 0 spiro atoms. The van der Waals surface area contributed by atoms with E-state index in [4.69, 9.17) is 5.73 Å². The van der Waals surface area contributed by atoms with Crippen LogP contribution in [0.25, 0.3) is 0 Å². The van der Waals surface area contributed by atoms with E-state index in [0.29, 0.717) is 25.4 Å². The van der Waals surface area contributed by atoms with Gasteiger partial charge in [-0.15, -0.1) is 0 Å². The number of amides is 2. The first-order valence-corrected chi connectivity index (χ1v) is 10.7. The molecule has 1 aromatic rings. The van der Waals surface area contributed by atoms with Crippen molar-refractivity contribution in [2.24, 2.45) is 11.7 Å². The zero-order valence-electron chi connectivity index (χ0n) is 16.9. The standard InChI is InChI=1S/C22H26FN5O2/c1-12(13-3-2-4-15(23)5-13)27-17-8-20(22(27)30)26(10-17)11-18(25)21(29)28-16(9-24)6-14-7-19(14)28/h2-5,12,14,16-20H,6-8,10-11,25H2,1H3/t12-,14?,16+,17?,18+,19+,20-/m1/s1. The van der Waals surface area contributed by atoms with E-state index in [1.54, 1.807) is 11.0 Å². The summed E-state index contributed by atoms with van der Waals surface area (Å²) in [6, 6.07) is 7.22. The van der Waals surface area contributed by atoms with Gasteiger partial charge >= 0.3 is 0 Å². The fraction of sp³-hybridized carbons (Fsp3) is 0.591. The van der Waals surface area contributed by atoms with E-state index >= 15 is 0 Å². The second kappa shape index (κ2) is 7.03. The van der Waals surface area contributed by atoms with E-state index in [1.165, 1.54) is 12.1 Å². The zero-order chi connectivity index (χ0) is 21.2. The van der Waals surface area contributed by atoms with Crippen LogP contribution in [-0.2, 0) is 9.59 Å². The molecule has 1 aromatic carbocycles. The van der Waals surface area contributed by atoms with Crippen LogP contribution in [0.5, 0.6) is 0 Å². The Bertz CT molecular complexity index is 932. The summed E-state index contributed by atoms with van der Waals surface area (Å²) < 4.78 is 13.6. The molecule has 0 radical (unpaired) electrons. The Morgan fingerprint density at radius 2 is 2.17 bits per heavy atom. The van der Waals surface area contributed by atoms with Crippen molar-refractivity contribution in [1.82, 2.24) is 14.7 Å². The molecular weight excluding hydrogens is 385 g/mol. The summed E-state index contributed by atoms with van der Waals surface area (Å²) in [4.78, 5) is 31.5. The van der Waals surface area contributed by atoms with Crippen LogP contribution in [-0.4, -0.2) is 69.8 Å². The fourth-order valence-corrected chi connectivity index (χ4v) is 5.74. The maximum absolute atomic E-state index is 13.6. The molecule has 2 unspecified atom stereocenters. The van der Waals surface area contributed by atoms with Crippen LogP contribution in [0.3, 0.4) is 0 Å². The molecule has 4 fully saturated rings. The Kier molecular flexibility index (Phi) is 4.56. The van der Waals surface area contributed by atoms with Crippen molar-refractivity contribution >= 4 is 11.8 Å². The zero-order valence-corrected chi connectivity index (χ0v) is 16.9. The van der Waals surface area contributed by atoms with Crippen LogP contribution in [0.2, 0.25) is 0 Å². The van der Waals surface area contributed by atoms with Gasteiger partial charge in [-0.25, -0.2) is 4.39 Å². The molecule has 0 aromatic heterocycles. The lowest BCUT2D eigenvalue weighted by molar-refractivity contribution is -0.141. The van der Waals surface area contributed by atoms with Gasteiger partial charge in [-0.05, 0) is 49.8 Å². The number of hydrogen-bond acceptors (Lipinski definition) is 5. The van der Waals surface area contributed by atoms with Gasteiger partial charge < -0.3 is 15.5 Å². The molecule has 7 atom stereocenters. The van der Waals surface area contributed by atoms with Gasteiger partial charge in [0, 0.05) is 25.2 Å². The molecule has 3 heterocycles. The van der Waals surface area contributed by atoms with Crippen molar-refractivity contribution in [3.8, 4) is 6.07 Å². The van der Waals surface area contributed by atoms with E-state index in [9.17, 15) is 19.2 Å². The lowest BCUT2D eigenvalue weighted by atomic mass is 10.1. The molecule has 30 heavy (non-hydrogen) atoms. The summed E-state index contributed by atoms with van der Waals surface area (Å²) in [5, 5.41) is 9.33. The lowest BCUT2D eigenvalue weighted by Gasteiger charge is -2.38. The Morgan fingerprint density at radius 1 is 1.37 bits per heavy atom. The minimum atomic E-state index is -0.735. The van der Waals surface area contributed by atoms with Crippen molar-refractivity contribution in [3.05, 3.63) is 35.6 Å². The molecule has 2 amide bonds. The Hall–Kier alpha value is -2.50. The van der Waals surface area contributed by atoms with Gasteiger partial charge in [-0.3, -0.25) is 14.5 Å². The van der Waals surface area contributed by atoms with E-state index in [0.717, 1.165) is 18.4 Å². The van der Waals surface area contributed by atoms with Crippen LogP contribution in [0.15, 0.2) is 24.3 Å². The average Bonchev–Trinajstić information content (AvgIpc) is 3.06. The summed E-state index contributed by atoms with van der Waals surface area (Å²) in [6.45, 7) is 2.90. The van der Waals surface area contributed by atoms with Crippen LogP contribution >= 0.6 is 0 Å². The molecule has 2 N–H and O–H groups in total. The van der Waals surface area contributed by atoms with Crippen LogP contribution in [0.1, 0.15) is 37.8 Å². The topological polar surface area (TPSA) is 93.7 Å². The average molecular weight is 411 g/mol. The molecule has 7 nitrogen and oxygen atoms in total. The highest BCUT2D eigenvalue weighted by atomic mass is 19.1. The number of nitrogens with two attached hydrogens (primary N) is 1. The molecule has 4 aliphatic rings. The first kappa shape index (κ1) is 19.5. The first-order valence-electron chi connectivity index (χ1n) is 10.7. The quantitative estimate of drug-likeness (QED) is 0.781. The number of carbonyl (C=O) groups excluding carboxylic acids is 2. The number of nitriles is 1. The third-order valence-corrected chi connectivity index (χ3v) is 7.32. The van der Waals surface area contributed by atoms with E-state index in [2.05, 4.69) is 6.07 Å². The first-order chi connectivity index (χ1) is 14.4. The molecule has 3 saturated heterocycles. The number of rotatable bonds is 5. The molecule has 8 heteroatoms. The maximum Gasteiger partial charge on any atom is 0.242 e. The van der Waals surface area contributed by atoms with Gasteiger partial charge in [0.25, 0.3) is 0 Å². The van der Waals surface area contributed by atoms with Gasteiger partial charge in [0.15, 0.2) is 0 Å². The Labute approximate surface area is 175 Å². The molecule has 1 aliphatic carbocycles. The second-order valence-electron chi connectivity index (χ2n) is 9.13. The summed E-state index contributed by atoms with van der Waals surface area (Å²) in [5.41, 5.74) is 7.03. The van der Waals surface area contributed by atoms with Crippen molar-refractivity contribution in [3.63, 3.8) is 0 Å². The minimum Gasteiger partial charge on any atom is -0.330 e. The van der Waals surface area contributed by atoms with E-state index < -0.39 is 6.04 Å². The predicted octanol–water partition coefficient (Wildman–Crippen LogP) is 1.01. The molecule has 158 valence electrons. The van der Waals surface area contributed by atoms with E-state index in [1.807, 2.05) is 22.8 Å². The minimum absolute atomic E-state index is 0.0148. The van der Waals surface area contributed by atoms with Crippen LogP contribution < -0.4 is 5.73 Å². The Morgan fingerprint density at radius 3 is 2.87 bits per heavy atom. The molecule has 3 aliphatic heterocycles. The van der Waals surface area contributed by atoms with Crippen molar-refractivity contribution < 1.29 is 14.0 Å². The van der Waals surface area contributed by atoms with Gasteiger partial charge in [0.1, 0.15) is 11.9 Å². The largest absolute Gasteiger partial charge is 0.330 e. The highest BCUT2D eigenvalue weighted by Crippen LogP contribution is 2.48. The summed E-state index contributed by atoms with van der Waals surface area (Å²) in [5.74, 6) is -0.0152. The lowest BCUT2D eigenvalue weighted by Crippen LogP contribution is -2.57. The monoisotopic (exact) mass is 411 g/mol. The van der Waals surface area contributed by atoms with Gasteiger partial charge in [0.2, 0.25) is 11.8 Å². The number of halogens is 1. The Balaban J connectivity index is 1.24. The molecule has 1 saturated carbocycles.